The zero-order valence-corrected chi connectivity index (χ0v) is 38.6. The Morgan fingerprint density at radius 2 is 1.50 bits per heavy atom. The molecule has 3 heterocycles. The van der Waals surface area contributed by atoms with Crippen molar-refractivity contribution in [1.29, 1.82) is 0 Å². The smallest absolute Gasteiger partial charge is 0 e. The molecule has 8 aromatic rings. The van der Waals surface area contributed by atoms with E-state index in [0.717, 1.165) is 33.6 Å². The average molecular weight is 992 g/mol. The van der Waals surface area contributed by atoms with E-state index in [-0.39, 0.29) is 25.5 Å². The molecule has 8 rings (SSSR count). The fourth-order valence-corrected chi connectivity index (χ4v) is 10.1. The van der Waals surface area contributed by atoms with Gasteiger partial charge in [0.15, 0.2) is 0 Å². The second-order valence-corrected chi connectivity index (χ2v) is 28.1. The average Bonchev–Trinajstić information content (AvgIpc) is 3.58. The molecular formula is C51H50GeIrN2S-2. The third kappa shape index (κ3) is 9.16. The minimum atomic E-state index is -2.18. The van der Waals surface area contributed by atoms with Crippen molar-refractivity contribution >= 4 is 49.2 Å². The van der Waals surface area contributed by atoms with E-state index in [0.29, 0.717) is 11.1 Å². The molecule has 0 aliphatic heterocycles. The molecule has 0 spiro atoms. The predicted molar refractivity (Wildman–Crippen MR) is 241 cm³/mol. The fraction of sp³-hybridized carbons (Fsp3) is 0.216. The Bertz CT molecular complexity index is 2740. The molecule has 3 aromatic heterocycles. The minimum Gasteiger partial charge on any atom is 0 e. The van der Waals surface area contributed by atoms with Gasteiger partial charge in [0.05, 0.1) is 0 Å². The van der Waals surface area contributed by atoms with Gasteiger partial charge in [-0.25, -0.2) is 0 Å². The van der Waals surface area contributed by atoms with Crippen LogP contribution in [0.25, 0.3) is 64.9 Å². The van der Waals surface area contributed by atoms with E-state index in [9.17, 15) is 0 Å². The SMILES string of the molecule is [2H]C(C)(C)c1ccnc(-c2[c-]ccc3c2sc2cc(-c4ccc(C(C)(C)C)cc4)ccc23)c1.[2H]C([2H])([2H])c1c[c-]c(-c2cc[c]([Ge]([CH3])([CH3])[CH3])cn2)cc1-c1ccccc1.[Ir]. The second-order valence-electron chi connectivity index (χ2n) is 16.4. The summed E-state index contributed by atoms with van der Waals surface area (Å²) in [5.41, 5.74) is 10.3. The van der Waals surface area contributed by atoms with Gasteiger partial charge in [-0.2, -0.15) is 11.3 Å². The molecule has 0 fully saturated rings. The van der Waals surface area contributed by atoms with E-state index in [1.54, 1.807) is 23.6 Å². The van der Waals surface area contributed by atoms with E-state index in [1.165, 1.54) is 41.3 Å². The van der Waals surface area contributed by atoms with Gasteiger partial charge in [-0.3, -0.25) is 0 Å². The van der Waals surface area contributed by atoms with E-state index in [2.05, 4.69) is 115 Å². The summed E-state index contributed by atoms with van der Waals surface area (Å²) >= 11 is -0.111. The van der Waals surface area contributed by atoms with Crippen molar-refractivity contribution in [3.63, 3.8) is 0 Å². The first-order chi connectivity index (χ1) is 27.8. The predicted octanol–water partition coefficient (Wildman–Crippen LogP) is 14.1. The van der Waals surface area contributed by atoms with Crippen molar-refractivity contribution in [3.8, 4) is 44.8 Å². The molecule has 0 aliphatic carbocycles. The van der Waals surface area contributed by atoms with Gasteiger partial charge >= 0.3 is 146 Å². The van der Waals surface area contributed by atoms with Gasteiger partial charge in [0.25, 0.3) is 0 Å². The van der Waals surface area contributed by atoms with Crippen LogP contribution in [0.2, 0.25) is 17.3 Å². The summed E-state index contributed by atoms with van der Waals surface area (Å²) in [4.78, 5) is 9.25. The number of fused-ring (bicyclic) bond motifs is 3. The third-order valence-electron chi connectivity index (χ3n) is 10.1. The Labute approximate surface area is 359 Å². The molecule has 0 unspecified atom stereocenters. The summed E-state index contributed by atoms with van der Waals surface area (Å²) in [5.74, 6) is 6.34. The summed E-state index contributed by atoms with van der Waals surface area (Å²) < 4.78 is 35.7. The molecule has 0 saturated heterocycles. The van der Waals surface area contributed by atoms with Crippen molar-refractivity contribution in [2.75, 3.05) is 0 Å². The van der Waals surface area contributed by atoms with Crippen molar-refractivity contribution in [1.82, 2.24) is 9.97 Å². The van der Waals surface area contributed by atoms with Crippen LogP contribution in [-0.2, 0) is 25.5 Å². The molecule has 0 atom stereocenters. The van der Waals surface area contributed by atoms with Gasteiger partial charge in [-0.15, -0.1) is 23.8 Å². The van der Waals surface area contributed by atoms with E-state index in [1.807, 2.05) is 80.7 Å². The van der Waals surface area contributed by atoms with Crippen LogP contribution in [0.1, 0.15) is 62.7 Å². The van der Waals surface area contributed by atoms with Crippen LogP contribution in [0.4, 0.5) is 0 Å². The third-order valence-corrected chi connectivity index (χ3v) is 15.5. The first-order valence-corrected chi connectivity index (χ1v) is 27.0. The van der Waals surface area contributed by atoms with Crippen molar-refractivity contribution in [2.45, 2.75) is 70.0 Å². The molecular weight excluding hydrogens is 937 g/mol. The van der Waals surface area contributed by atoms with Crippen LogP contribution in [0.15, 0.2) is 134 Å². The number of nitrogens with zero attached hydrogens (tertiary/aromatic N) is 2. The Hall–Kier alpha value is -4.19. The van der Waals surface area contributed by atoms with Crippen LogP contribution >= 0.6 is 11.3 Å². The fourth-order valence-electron chi connectivity index (χ4n) is 6.65. The molecule has 2 nitrogen and oxygen atoms in total. The zero-order chi connectivity index (χ0) is 42.3. The number of rotatable bonds is 6. The number of hydrogen-bond acceptors (Lipinski definition) is 3. The topological polar surface area (TPSA) is 25.8 Å². The summed E-state index contributed by atoms with van der Waals surface area (Å²) in [6.07, 6.45) is 3.77. The Morgan fingerprint density at radius 1 is 0.750 bits per heavy atom. The molecule has 56 heavy (non-hydrogen) atoms. The first kappa shape index (κ1) is 36.2. The van der Waals surface area contributed by atoms with Crippen molar-refractivity contribution < 1.29 is 25.6 Å². The summed E-state index contributed by atoms with van der Waals surface area (Å²) in [6.45, 7) is 8.37. The van der Waals surface area contributed by atoms with Crippen LogP contribution in [-0.4, -0.2) is 23.2 Å². The molecule has 0 saturated carbocycles. The summed E-state index contributed by atoms with van der Waals surface area (Å²) in [7, 11) is 0. The molecule has 0 amide bonds. The van der Waals surface area contributed by atoms with Crippen molar-refractivity contribution in [2.24, 2.45) is 0 Å². The van der Waals surface area contributed by atoms with Gasteiger partial charge in [0.1, 0.15) is 0 Å². The van der Waals surface area contributed by atoms with Gasteiger partial charge < -0.3 is 4.98 Å². The number of hydrogen-bond donors (Lipinski definition) is 0. The number of thiophene rings is 1. The zero-order valence-electron chi connectivity index (χ0n) is 37.3. The Balaban J connectivity index is 0.000000204. The van der Waals surface area contributed by atoms with Gasteiger partial charge in [0, 0.05) is 32.4 Å². The van der Waals surface area contributed by atoms with E-state index < -0.39 is 26.0 Å². The first-order valence-electron chi connectivity index (χ1n) is 20.8. The maximum Gasteiger partial charge on any atom is 0 e. The molecule has 5 aromatic carbocycles. The monoisotopic (exact) mass is 993 g/mol. The van der Waals surface area contributed by atoms with E-state index >= 15 is 0 Å². The molecule has 5 heteroatoms. The normalized spacial score (nSPS) is 13.1. The van der Waals surface area contributed by atoms with Crippen LogP contribution < -0.4 is 4.40 Å². The number of pyridine rings is 2. The summed E-state index contributed by atoms with van der Waals surface area (Å²) in [6, 6.07) is 47.6. The largest absolute Gasteiger partial charge is 0 e. The minimum absolute atomic E-state index is 0. The summed E-state index contributed by atoms with van der Waals surface area (Å²) in [5, 5.41) is 2.49. The van der Waals surface area contributed by atoms with Crippen LogP contribution in [0.3, 0.4) is 0 Å². The van der Waals surface area contributed by atoms with Gasteiger partial charge in [0.2, 0.25) is 0 Å². The number of benzene rings is 5. The molecule has 0 N–H and O–H groups in total. The van der Waals surface area contributed by atoms with Gasteiger partial charge in [-0.1, -0.05) is 88.0 Å². The van der Waals surface area contributed by atoms with Crippen LogP contribution in [0.5, 0.6) is 0 Å². The quantitative estimate of drug-likeness (QED) is 0.123. The van der Waals surface area contributed by atoms with Crippen molar-refractivity contribution in [3.05, 3.63) is 163 Å². The van der Waals surface area contributed by atoms with Gasteiger partial charge in [-0.05, 0) is 55.9 Å². The molecule has 285 valence electrons. The maximum absolute atomic E-state index is 8.40. The van der Waals surface area contributed by atoms with Crippen LogP contribution in [0, 0.1) is 19.0 Å². The maximum atomic E-state index is 8.40. The Morgan fingerprint density at radius 3 is 2.16 bits per heavy atom. The standard InChI is InChI=1S/C30H28NS.C21H22GeN.Ir/c1-19(2)21-15-16-31-27(17-21)26-8-6-7-25-24-14-11-22(18-28(24)32-29(25)26)20-9-12-23(13-10-20)30(3,4)5;1-16-10-11-18(14-20(16)17-8-6-5-7-9-17)21-13-12-19(15-23-21)22(2,3)4;/h6-7,9-19H,1-5H3;5-10,12-15H,1-4H3;/q2*-1;/i19D;1D3;. The second kappa shape index (κ2) is 17.1. The molecule has 1 radical (unpaired) electrons. The van der Waals surface area contributed by atoms with E-state index in [4.69, 9.17) is 5.48 Å². The molecule has 0 bridgehead atoms. The number of aromatic nitrogens is 2. The molecule has 0 aliphatic rings. The Kier molecular flexibility index (Phi) is 11.1. The number of aryl methyl sites for hydroxylation is 1.